The van der Waals surface area contributed by atoms with Gasteiger partial charge < -0.3 is 14.6 Å². The Morgan fingerprint density at radius 1 is 1.39 bits per heavy atom. The van der Waals surface area contributed by atoms with Crippen molar-refractivity contribution in [2.45, 2.75) is 32.6 Å². The summed E-state index contributed by atoms with van der Waals surface area (Å²) in [4.78, 5) is 14.3. The first-order valence-corrected chi connectivity index (χ1v) is 6.82. The van der Waals surface area contributed by atoms with Crippen LogP contribution in [-0.2, 0) is 0 Å². The summed E-state index contributed by atoms with van der Waals surface area (Å²) >= 11 is 0. The van der Waals surface area contributed by atoms with E-state index in [1.165, 1.54) is 32.4 Å². The molecule has 100 valence electrons. The van der Waals surface area contributed by atoms with Gasteiger partial charge in [0.15, 0.2) is 0 Å². The van der Waals surface area contributed by atoms with Crippen molar-refractivity contribution >= 4 is 5.91 Å². The van der Waals surface area contributed by atoms with E-state index in [2.05, 4.69) is 10.2 Å². The highest BCUT2D eigenvalue weighted by Gasteiger charge is 2.11. The van der Waals surface area contributed by atoms with Crippen molar-refractivity contribution in [3.8, 4) is 0 Å². The molecule has 0 radical (unpaired) electrons. The first kappa shape index (κ1) is 13.1. The second kappa shape index (κ2) is 6.59. The zero-order chi connectivity index (χ0) is 12.8. The maximum Gasteiger partial charge on any atom is 0.254 e. The number of nitrogens with zero attached hydrogens (tertiary/aromatic N) is 1. The summed E-state index contributed by atoms with van der Waals surface area (Å²) in [7, 11) is 0. The lowest BCUT2D eigenvalue weighted by Gasteiger charge is -2.26. The number of piperidine rings is 1. The van der Waals surface area contributed by atoms with Crippen LogP contribution in [0.5, 0.6) is 0 Å². The van der Waals surface area contributed by atoms with Crippen LogP contribution in [0.15, 0.2) is 16.7 Å². The van der Waals surface area contributed by atoms with E-state index in [4.69, 9.17) is 4.42 Å². The molecule has 0 bridgehead atoms. The van der Waals surface area contributed by atoms with Crippen LogP contribution in [0.1, 0.15) is 41.8 Å². The van der Waals surface area contributed by atoms with Crippen LogP contribution in [-0.4, -0.2) is 37.0 Å². The molecule has 1 N–H and O–H groups in total. The maximum absolute atomic E-state index is 11.8. The molecule has 1 aromatic heterocycles. The Morgan fingerprint density at radius 2 is 2.17 bits per heavy atom. The van der Waals surface area contributed by atoms with Gasteiger partial charge in [0.05, 0.1) is 11.8 Å². The van der Waals surface area contributed by atoms with E-state index in [9.17, 15) is 4.79 Å². The summed E-state index contributed by atoms with van der Waals surface area (Å²) in [5.74, 6) is 0.656. The van der Waals surface area contributed by atoms with Gasteiger partial charge in [-0.25, -0.2) is 0 Å². The fourth-order valence-corrected chi connectivity index (χ4v) is 2.40. The SMILES string of the molecule is Cc1occc1C(=O)NCCCN1CCCCC1. The number of hydrogen-bond acceptors (Lipinski definition) is 3. The molecule has 1 amide bonds. The molecule has 4 nitrogen and oxygen atoms in total. The van der Waals surface area contributed by atoms with Crippen molar-refractivity contribution < 1.29 is 9.21 Å². The van der Waals surface area contributed by atoms with Crippen LogP contribution in [0.2, 0.25) is 0 Å². The maximum atomic E-state index is 11.8. The fraction of sp³-hybridized carbons (Fsp3) is 0.643. The molecule has 2 heterocycles. The van der Waals surface area contributed by atoms with E-state index < -0.39 is 0 Å². The van der Waals surface area contributed by atoms with E-state index in [-0.39, 0.29) is 5.91 Å². The molecule has 1 aliphatic heterocycles. The first-order chi connectivity index (χ1) is 8.77. The summed E-state index contributed by atoms with van der Waals surface area (Å²) in [5.41, 5.74) is 0.646. The van der Waals surface area contributed by atoms with Crippen molar-refractivity contribution in [2.75, 3.05) is 26.2 Å². The summed E-state index contributed by atoms with van der Waals surface area (Å²) in [5, 5.41) is 2.94. The molecule has 0 spiro atoms. The van der Waals surface area contributed by atoms with Gasteiger partial charge >= 0.3 is 0 Å². The molecule has 1 aromatic rings. The van der Waals surface area contributed by atoms with Gasteiger partial charge in [0.1, 0.15) is 5.76 Å². The topological polar surface area (TPSA) is 45.5 Å². The van der Waals surface area contributed by atoms with Crippen molar-refractivity contribution in [3.63, 3.8) is 0 Å². The van der Waals surface area contributed by atoms with E-state index >= 15 is 0 Å². The normalized spacial score (nSPS) is 16.7. The van der Waals surface area contributed by atoms with Gasteiger partial charge in [-0.1, -0.05) is 6.42 Å². The molecule has 0 aromatic carbocycles. The van der Waals surface area contributed by atoms with Crippen LogP contribution in [0.3, 0.4) is 0 Å². The summed E-state index contributed by atoms with van der Waals surface area (Å²) in [6, 6.07) is 1.72. The number of aryl methyl sites for hydroxylation is 1. The minimum absolute atomic E-state index is 0.0279. The molecule has 0 aliphatic carbocycles. The minimum Gasteiger partial charge on any atom is -0.469 e. The molecule has 1 aliphatic rings. The van der Waals surface area contributed by atoms with E-state index in [1.807, 2.05) is 6.92 Å². The highest BCUT2D eigenvalue weighted by molar-refractivity contribution is 5.94. The van der Waals surface area contributed by atoms with Crippen LogP contribution in [0.25, 0.3) is 0 Å². The third kappa shape index (κ3) is 3.60. The number of carbonyl (C=O) groups is 1. The van der Waals surface area contributed by atoms with Gasteiger partial charge in [0.25, 0.3) is 5.91 Å². The number of rotatable bonds is 5. The molecule has 2 rings (SSSR count). The minimum atomic E-state index is -0.0279. The molecule has 1 fully saturated rings. The Kier molecular flexibility index (Phi) is 4.81. The Labute approximate surface area is 108 Å². The Hall–Kier alpha value is -1.29. The van der Waals surface area contributed by atoms with Crippen molar-refractivity contribution in [1.29, 1.82) is 0 Å². The third-order valence-electron chi connectivity index (χ3n) is 3.49. The summed E-state index contributed by atoms with van der Waals surface area (Å²) in [6.45, 7) is 6.07. The molecule has 0 unspecified atom stereocenters. The smallest absolute Gasteiger partial charge is 0.254 e. The van der Waals surface area contributed by atoms with Crippen LogP contribution in [0.4, 0.5) is 0 Å². The summed E-state index contributed by atoms with van der Waals surface area (Å²) < 4.78 is 5.12. The van der Waals surface area contributed by atoms with Crippen LogP contribution < -0.4 is 5.32 Å². The lowest BCUT2D eigenvalue weighted by Crippen LogP contribution is -2.33. The molecule has 1 saturated heterocycles. The third-order valence-corrected chi connectivity index (χ3v) is 3.49. The number of nitrogens with one attached hydrogen (secondary N) is 1. The Bertz CT molecular complexity index is 381. The summed E-state index contributed by atoms with van der Waals surface area (Å²) in [6.07, 6.45) is 6.58. The van der Waals surface area contributed by atoms with Gasteiger partial charge in [-0.2, -0.15) is 0 Å². The number of carbonyl (C=O) groups excluding carboxylic acids is 1. The van der Waals surface area contributed by atoms with Gasteiger partial charge in [0, 0.05) is 6.54 Å². The van der Waals surface area contributed by atoms with Crippen LogP contribution in [0, 0.1) is 6.92 Å². The number of furan rings is 1. The fourth-order valence-electron chi connectivity index (χ4n) is 2.40. The second-order valence-electron chi connectivity index (χ2n) is 4.90. The molecular weight excluding hydrogens is 228 g/mol. The number of amides is 1. The van der Waals surface area contributed by atoms with E-state index in [0.29, 0.717) is 11.3 Å². The van der Waals surface area contributed by atoms with Gasteiger partial charge in [-0.3, -0.25) is 4.79 Å². The monoisotopic (exact) mass is 250 g/mol. The number of likely N-dealkylation sites (tertiary alicyclic amines) is 1. The van der Waals surface area contributed by atoms with Crippen molar-refractivity contribution in [3.05, 3.63) is 23.7 Å². The lowest BCUT2D eigenvalue weighted by molar-refractivity contribution is 0.0949. The Morgan fingerprint density at radius 3 is 2.83 bits per heavy atom. The second-order valence-corrected chi connectivity index (χ2v) is 4.90. The van der Waals surface area contributed by atoms with E-state index in [1.54, 1.807) is 12.3 Å². The quantitative estimate of drug-likeness (QED) is 0.815. The molecule has 18 heavy (non-hydrogen) atoms. The highest BCUT2D eigenvalue weighted by atomic mass is 16.3. The average molecular weight is 250 g/mol. The standard InChI is InChI=1S/C14H22N2O2/c1-12-13(6-11-18-12)14(17)15-7-5-10-16-8-3-2-4-9-16/h6,11H,2-5,7-10H2,1H3,(H,15,17). The van der Waals surface area contributed by atoms with Gasteiger partial charge in [-0.05, 0) is 51.9 Å². The average Bonchev–Trinajstić information content (AvgIpc) is 2.82. The van der Waals surface area contributed by atoms with E-state index in [0.717, 1.165) is 19.5 Å². The molecule has 4 heteroatoms. The predicted molar refractivity (Wildman–Crippen MR) is 70.7 cm³/mol. The lowest BCUT2D eigenvalue weighted by atomic mass is 10.1. The number of hydrogen-bond donors (Lipinski definition) is 1. The zero-order valence-corrected chi connectivity index (χ0v) is 11.1. The van der Waals surface area contributed by atoms with Crippen LogP contribution >= 0.6 is 0 Å². The first-order valence-electron chi connectivity index (χ1n) is 6.82. The molecular formula is C14H22N2O2. The molecule has 0 atom stereocenters. The zero-order valence-electron chi connectivity index (χ0n) is 11.1. The van der Waals surface area contributed by atoms with Crippen molar-refractivity contribution in [2.24, 2.45) is 0 Å². The van der Waals surface area contributed by atoms with Gasteiger partial charge in [-0.15, -0.1) is 0 Å². The van der Waals surface area contributed by atoms with Gasteiger partial charge in [0.2, 0.25) is 0 Å². The highest BCUT2D eigenvalue weighted by Crippen LogP contribution is 2.09. The van der Waals surface area contributed by atoms with Crippen molar-refractivity contribution in [1.82, 2.24) is 10.2 Å². The predicted octanol–water partition coefficient (Wildman–Crippen LogP) is 2.19. The Balaban J connectivity index is 1.63. The largest absolute Gasteiger partial charge is 0.469 e. The molecule has 0 saturated carbocycles.